The average Bonchev–Trinajstić information content (AvgIpc) is 3.11. The Labute approximate surface area is 140 Å². The topological polar surface area (TPSA) is 87.9 Å². The van der Waals surface area contributed by atoms with Crippen LogP contribution in [0.1, 0.15) is 29.4 Å². The molecule has 0 amide bonds. The summed E-state index contributed by atoms with van der Waals surface area (Å²) in [6.45, 7) is 8.06. The van der Waals surface area contributed by atoms with Crippen LogP contribution in [0.3, 0.4) is 0 Å². The molecule has 1 aliphatic heterocycles. The van der Waals surface area contributed by atoms with Crippen molar-refractivity contribution in [2.24, 2.45) is 0 Å². The highest BCUT2D eigenvalue weighted by Gasteiger charge is 2.60. The number of hydrogen-bond donors (Lipinski definition) is 0. The van der Waals surface area contributed by atoms with E-state index in [0.29, 0.717) is 13.2 Å². The Hall–Kier alpha value is -1.95. The lowest BCUT2D eigenvalue weighted by atomic mass is 9.79. The molecule has 1 aromatic heterocycles. The molecule has 2 heterocycles. The molecule has 7 nitrogen and oxygen atoms in total. The maximum Gasteiger partial charge on any atom is 0.304 e. The summed E-state index contributed by atoms with van der Waals surface area (Å²) < 4.78 is 21.9. The fourth-order valence-corrected chi connectivity index (χ4v) is 3.39. The van der Waals surface area contributed by atoms with E-state index < -0.39 is 31.2 Å². The lowest BCUT2D eigenvalue weighted by Gasteiger charge is -2.38. The number of hydrogen-bond acceptors (Lipinski definition) is 7. The Morgan fingerprint density at radius 2 is 2.00 bits per heavy atom. The first-order valence-corrected chi connectivity index (χ1v) is 11.2. The van der Waals surface area contributed by atoms with E-state index in [1.165, 1.54) is 13.2 Å². The molecule has 0 aromatic carbocycles. The highest BCUT2D eigenvalue weighted by atomic mass is 28.3. The van der Waals surface area contributed by atoms with Crippen molar-refractivity contribution in [3.8, 4) is 11.5 Å². The standard InChI is InChI=1S/C16H19NO6Si/c1-11(18)23-15(5-8-24(2,3)4)10-16(20-6-7-21-16)13-12(14(15)19)9-22-17-13/h9H,6-7,10H2,1-4H3/t15-/m0/s1. The van der Waals surface area contributed by atoms with Crippen LogP contribution in [0.15, 0.2) is 10.8 Å². The lowest BCUT2D eigenvalue weighted by molar-refractivity contribution is -0.203. The van der Waals surface area contributed by atoms with Crippen LogP contribution in [0.5, 0.6) is 0 Å². The van der Waals surface area contributed by atoms with Crippen molar-refractivity contribution in [2.75, 3.05) is 13.2 Å². The Kier molecular flexibility index (Phi) is 3.90. The number of aromatic nitrogens is 1. The summed E-state index contributed by atoms with van der Waals surface area (Å²) in [4.78, 5) is 24.7. The molecular formula is C16H19NO6Si. The summed E-state index contributed by atoms with van der Waals surface area (Å²) >= 11 is 0. The summed E-state index contributed by atoms with van der Waals surface area (Å²) in [5, 5.41) is 3.87. The van der Waals surface area contributed by atoms with Crippen molar-refractivity contribution in [1.82, 2.24) is 5.16 Å². The van der Waals surface area contributed by atoms with E-state index in [-0.39, 0.29) is 17.7 Å². The number of carbonyl (C=O) groups excluding carboxylic acids is 2. The largest absolute Gasteiger partial charge is 0.438 e. The van der Waals surface area contributed by atoms with E-state index in [4.69, 9.17) is 18.7 Å². The first kappa shape index (κ1) is 16.9. The molecule has 1 aromatic rings. The molecule has 0 unspecified atom stereocenters. The molecule has 1 aliphatic carbocycles. The zero-order valence-electron chi connectivity index (χ0n) is 14.1. The van der Waals surface area contributed by atoms with Crippen molar-refractivity contribution in [3.63, 3.8) is 0 Å². The molecule has 8 heteroatoms. The minimum atomic E-state index is -1.82. The third-order valence-electron chi connectivity index (χ3n) is 3.73. The molecule has 0 bridgehead atoms. The second kappa shape index (κ2) is 5.55. The number of ether oxygens (including phenoxy) is 3. The molecule has 1 fully saturated rings. The second-order valence-electron chi connectivity index (χ2n) is 6.95. The molecular weight excluding hydrogens is 330 g/mol. The highest BCUT2D eigenvalue weighted by molar-refractivity contribution is 6.83. The molecule has 1 saturated heterocycles. The number of esters is 1. The Balaban J connectivity index is 2.16. The van der Waals surface area contributed by atoms with Gasteiger partial charge in [0.2, 0.25) is 17.2 Å². The maximum absolute atomic E-state index is 13.0. The van der Waals surface area contributed by atoms with E-state index in [9.17, 15) is 9.59 Å². The molecule has 1 spiro atoms. The molecule has 0 radical (unpaired) electrons. The predicted molar refractivity (Wildman–Crippen MR) is 84.7 cm³/mol. The zero-order chi connectivity index (χ0) is 17.6. The van der Waals surface area contributed by atoms with Gasteiger partial charge in [0.25, 0.3) is 0 Å². The van der Waals surface area contributed by atoms with E-state index in [2.05, 4.69) is 16.6 Å². The Bertz CT molecular complexity index is 747. The third-order valence-corrected chi connectivity index (χ3v) is 4.61. The minimum absolute atomic E-state index is 0.0601. The summed E-state index contributed by atoms with van der Waals surface area (Å²) in [6.07, 6.45) is 1.16. The Morgan fingerprint density at radius 1 is 1.33 bits per heavy atom. The van der Waals surface area contributed by atoms with E-state index in [1.54, 1.807) is 0 Å². The van der Waals surface area contributed by atoms with E-state index >= 15 is 0 Å². The number of rotatable bonds is 1. The van der Waals surface area contributed by atoms with Crippen LogP contribution >= 0.6 is 0 Å². The SMILES string of the molecule is CC(=O)O[C@@]1(C#C[Si](C)(C)C)CC2(OCCO2)c2nocc2C1=O. The smallest absolute Gasteiger partial charge is 0.304 e. The van der Waals surface area contributed by atoms with Crippen molar-refractivity contribution in [2.45, 2.75) is 44.4 Å². The van der Waals surface area contributed by atoms with Gasteiger partial charge in [0, 0.05) is 6.92 Å². The van der Waals surface area contributed by atoms with Gasteiger partial charge in [0.05, 0.1) is 25.2 Å². The molecule has 2 aliphatic rings. The van der Waals surface area contributed by atoms with Gasteiger partial charge in [-0.05, 0) is 0 Å². The summed E-state index contributed by atoms with van der Waals surface area (Å²) in [7, 11) is -1.82. The number of ketones is 1. The summed E-state index contributed by atoms with van der Waals surface area (Å²) in [5.74, 6) is 0.599. The van der Waals surface area contributed by atoms with Crippen LogP contribution in [0.4, 0.5) is 0 Å². The maximum atomic E-state index is 13.0. The van der Waals surface area contributed by atoms with Gasteiger partial charge in [-0.2, -0.15) is 0 Å². The quantitative estimate of drug-likeness (QED) is 0.433. The first-order chi connectivity index (χ1) is 11.2. The summed E-state index contributed by atoms with van der Waals surface area (Å²) in [6, 6.07) is 0. The van der Waals surface area contributed by atoms with Crippen molar-refractivity contribution in [1.29, 1.82) is 0 Å². The zero-order valence-corrected chi connectivity index (χ0v) is 15.1. The van der Waals surface area contributed by atoms with Crippen LogP contribution in [-0.4, -0.2) is 43.8 Å². The fraction of sp³-hybridized carbons (Fsp3) is 0.562. The normalized spacial score (nSPS) is 25.1. The van der Waals surface area contributed by atoms with Gasteiger partial charge in [0.1, 0.15) is 14.3 Å². The van der Waals surface area contributed by atoms with Crippen molar-refractivity contribution >= 4 is 19.8 Å². The fourth-order valence-electron chi connectivity index (χ4n) is 2.82. The lowest BCUT2D eigenvalue weighted by Crippen LogP contribution is -2.53. The van der Waals surface area contributed by atoms with Crippen LogP contribution in [0.25, 0.3) is 0 Å². The number of Topliss-reactive ketones (excluding diaryl/α,β-unsaturated/α-hetero) is 1. The molecule has 3 rings (SSSR count). The van der Waals surface area contributed by atoms with Gasteiger partial charge in [-0.15, -0.1) is 5.54 Å². The van der Waals surface area contributed by atoms with Crippen LogP contribution in [-0.2, 0) is 24.8 Å². The average molecular weight is 349 g/mol. The van der Waals surface area contributed by atoms with Gasteiger partial charge < -0.3 is 18.7 Å². The van der Waals surface area contributed by atoms with Gasteiger partial charge >= 0.3 is 5.97 Å². The molecule has 24 heavy (non-hydrogen) atoms. The minimum Gasteiger partial charge on any atom is -0.438 e. The van der Waals surface area contributed by atoms with Gasteiger partial charge in [-0.3, -0.25) is 9.59 Å². The molecule has 128 valence electrons. The Morgan fingerprint density at radius 3 is 2.58 bits per heavy atom. The monoisotopic (exact) mass is 349 g/mol. The molecule has 1 atom stereocenters. The predicted octanol–water partition coefficient (Wildman–Crippen LogP) is 1.64. The van der Waals surface area contributed by atoms with Crippen molar-refractivity contribution in [3.05, 3.63) is 17.5 Å². The number of fused-ring (bicyclic) bond motifs is 2. The van der Waals surface area contributed by atoms with Crippen LogP contribution < -0.4 is 0 Å². The number of nitrogens with zero attached hydrogens (tertiary/aromatic N) is 1. The third kappa shape index (κ3) is 2.79. The van der Waals surface area contributed by atoms with Gasteiger partial charge in [0.15, 0.2) is 5.69 Å². The molecule has 0 saturated carbocycles. The van der Waals surface area contributed by atoms with E-state index in [0.717, 1.165) is 0 Å². The number of carbonyl (C=O) groups is 2. The van der Waals surface area contributed by atoms with Crippen LogP contribution in [0, 0.1) is 11.5 Å². The first-order valence-electron chi connectivity index (χ1n) is 7.69. The second-order valence-corrected chi connectivity index (χ2v) is 11.7. The van der Waals surface area contributed by atoms with Gasteiger partial charge in [-0.25, -0.2) is 0 Å². The van der Waals surface area contributed by atoms with Crippen LogP contribution in [0.2, 0.25) is 19.6 Å². The summed E-state index contributed by atoms with van der Waals surface area (Å²) in [5.41, 5.74) is 1.92. The highest BCUT2D eigenvalue weighted by Crippen LogP contribution is 2.46. The molecule has 0 N–H and O–H groups in total. The van der Waals surface area contributed by atoms with Gasteiger partial charge in [-0.1, -0.05) is 30.7 Å². The van der Waals surface area contributed by atoms with E-state index in [1.807, 2.05) is 19.6 Å². The van der Waals surface area contributed by atoms with Crippen molar-refractivity contribution < 1.29 is 28.3 Å².